The fourth-order valence-electron chi connectivity index (χ4n) is 2.87. The first-order chi connectivity index (χ1) is 13.3. The van der Waals surface area contributed by atoms with E-state index in [-0.39, 0.29) is 35.8 Å². The molecule has 3 rings (SSSR count). The molecule has 2 amide bonds. The van der Waals surface area contributed by atoms with Crippen LogP contribution >= 0.6 is 0 Å². The Bertz CT molecular complexity index is 1030. The van der Waals surface area contributed by atoms with Crippen LogP contribution in [0.1, 0.15) is 33.6 Å². The summed E-state index contributed by atoms with van der Waals surface area (Å²) in [4.78, 5) is 35.7. The summed E-state index contributed by atoms with van der Waals surface area (Å²) >= 11 is 0. The van der Waals surface area contributed by atoms with Crippen molar-refractivity contribution in [3.8, 4) is 0 Å². The quantitative estimate of drug-likeness (QED) is 0.741. The van der Waals surface area contributed by atoms with E-state index < -0.39 is 21.9 Å². The predicted octanol–water partition coefficient (Wildman–Crippen LogP) is 2.04. The second-order valence-corrected chi connectivity index (χ2v) is 7.93. The Labute approximate surface area is 162 Å². The van der Waals surface area contributed by atoms with Gasteiger partial charge in [-0.25, -0.2) is 17.5 Å². The number of nitrogens with one attached hydrogen (secondary N) is 1. The van der Waals surface area contributed by atoms with Crippen LogP contribution in [0.15, 0.2) is 53.4 Å². The van der Waals surface area contributed by atoms with Crippen LogP contribution in [0.4, 0.5) is 5.69 Å². The zero-order chi connectivity index (χ0) is 20.3. The molecular weight excluding hydrogens is 384 g/mol. The van der Waals surface area contributed by atoms with Gasteiger partial charge in [0.25, 0.3) is 15.9 Å². The Morgan fingerprint density at radius 3 is 2.39 bits per heavy atom. The molecule has 0 radical (unpaired) electrons. The minimum absolute atomic E-state index is 0.00449. The van der Waals surface area contributed by atoms with Crippen LogP contribution in [0.5, 0.6) is 0 Å². The number of esters is 1. The van der Waals surface area contributed by atoms with Crippen LogP contribution in [0.2, 0.25) is 0 Å². The van der Waals surface area contributed by atoms with Gasteiger partial charge in [0.2, 0.25) is 5.91 Å². The first kappa shape index (κ1) is 19.6. The van der Waals surface area contributed by atoms with Gasteiger partial charge in [-0.2, -0.15) is 0 Å². The minimum Gasteiger partial charge on any atom is -0.465 e. The molecule has 1 aliphatic rings. The van der Waals surface area contributed by atoms with E-state index in [1.54, 1.807) is 24.3 Å². The third-order valence-electron chi connectivity index (χ3n) is 4.27. The summed E-state index contributed by atoms with van der Waals surface area (Å²) < 4.78 is 30.3. The number of carbonyl (C=O) groups excluding carboxylic acids is 3. The highest BCUT2D eigenvalue weighted by molar-refractivity contribution is 7.90. The van der Waals surface area contributed by atoms with Gasteiger partial charge in [0.05, 0.1) is 18.2 Å². The lowest BCUT2D eigenvalue weighted by molar-refractivity contribution is -0.116. The van der Waals surface area contributed by atoms with Crippen LogP contribution in [-0.2, 0) is 19.6 Å². The number of methoxy groups -OCH3 is 1. The molecule has 9 heteroatoms. The largest absolute Gasteiger partial charge is 0.465 e. The monoisotopic (exact) mass is 402 g/mol. The Balaban J connectivity index is 1.55. The summed E-state index contributed by atoms with van der Waals surface area (Å²) in [6.45, 7) is -0.0788. The molecule has 146 valence electrons. The number of anilines is 1. The summed E-state index contributed by atoms with van der Waals surface area (Å²) in [6, 6.07) is 12.2. The third-order valence-corrected chi connectivity index (χ3v) is 6.11. The van der Waals surface area contributed by atoms with Gasteiger partial charge in [-0.3, -0.25) is 9.59 Å². The van der Waals surface area contributed by atoms with Crippen molar-refractivity contribution < 1.29 is 27.5 Å². The molecule has 1 N–H and O–H groups in total. The van der Waals surface area contributed by atoms with Crippen molar-refractivity contribution in [2.75, 3.05) is 19.0 Å². The Morgan fingerprint density at radius 2 is 1.75 bits per heavy atom. The Morgan fingerprint density at radius 1 is 1.07 bits per heavy atom. The van der Waals surface area contributed by atoms with Gasteiger partial charge in [0.1, 0.15) is 4.90 Å². The fraction of sp³-hybridized carbons (Fsp3) is 0.211. The summed E-state index contributed by atoms with van der Waals surface area (Å²) in [7, 11) is -2.58. The molecule has 2 aromatic carbocycles. The molecular formula is C19H18N2O6S. The lowest BCUT2D eigenvalue weighted by atomic mass is 10.2. The average molecular weight is 402 g/mol. The van der Waals surface area contributed by atoms with Gasteiger partial charge >= 0.3 is 5.97 Å². The van der Waals surface area contributed by atoms with E-state index >= 15 is 0 Å². The number of ether oxygens (including phenoxy) is 1. The number of hydrogen-bond acceptors (Lipinski definition) is 6. The second kappa shape index (κ2) is 7.81. The average Bonchev–Trinajstić information content (AvgIpc) is 2.89. The van der Waals surface area contributed by atoms with E-state index in [4.69, 9.17) is 0 Å². The molecule has 0 spiro atoms. The first-order valence-electron chi connectivity index (χ1n) is 8.49. The molecule has 0 atom stereocenters. The van der Waals surface area contributed by atoms with Gasteiger partial charge in [-0.1, -0.05) is 12.1 Å². The molecule has 1 aliphatic heterocycles. The van der Waals surface area contributed by atoms with E-state index in [9.17, 15) is 22.8 Å². The highest BCUT2D eigenvalue weighted by Gasteiger charge is 2.40. The number of fused-ring (bicyclic) bond motifs is 1. The topological polar surface area (TPSA) is 110 Å². The van der Waals surface area contributed by atoms with Crippen LogP contribution in [-0.4, -0.2) is 44.2 Å². The first-order valence-corrected chi connectivity index (χ1v) is 9.93. The zero-order valence-electron chi connectivity index (χ0n) is 15.0. The van der Waals surface area contributed by atoms with E-state index in [1.807, 2.05) is 0 Å². The standard InChI is InChI=1S/C19H18N2O6S/c1-27-19(24)13-8-10-14(11-9-13)20-17(22)7-4-12-21-18(23)15-5-2-3-6-16(15)28(21,25)26/h2-3,5-6,8-11H,4,7,12H2,1H3,(H,20,22). The molecule has 0 bridgehead atoms. The van der Waals surface area contributed by atoms with Crippen molar-refractivity contribution in [3.05, 3.63) is 59.7 Å². The molecule has 0 fully saturated rings. The maximum Gasteiger partial charge on any atom is 0.337 e. The molecule has 8 nitrogen and oxygen atoms in total. The number of benzene rings is 2. The number of amides is 2. The van der Waals surface area contributed by atoms with Gasteiger partial charge in [0.15, 0.2) is 0 Å². The molecule has 0 aromatic heterocycles. The lowest BCUT2D eigenvalue weighted by Crippen LogP contribution is -2.31. The summed E-state index contributed by atoms with van der Waals surface area (Å²) in [5.74, 6) is -1.38. The third kappa shape index (κ3) is 3.74. The van der Waals surface area contributed by atoms with Crippen molar-refractivity contribution in [3.63, 3.8) is 0 Å². The van der Waals surface area contributed by atoms with E-state index in [1.165, 1.54) is 31.4 Å². The van der Waals surface area contributed by atoms with Crippen molar-refractivity contribution in [1.82, 2.24) is 4.31 Å². The smallest absolute Gasteiger partial charge is 0.337 e. The SMILES string of the molecule is COC(=O)c1ccc(NC(=O)CCCN2C(=O)c3ccccc3S2(=O)=O)cc1. The lowest BCUT2D eigenvalue weighted by Gasteiger charge is -2.14. The molecule has 2 aromatic rings. The van der Waals surface area contributed by atoms with E-state index in [0.29, 0.717) is 11.3 Å². The number of nitrogens with zero attached hydrogens (tertiary/aromatic N) is 1. The number of hydrogen-bond donors (Lipinski definition) is 1. The van der Waals surface area contributed by atoms with Gasteiger partial charge in [-0.05, 0) is 42.8 Å². The predicted molar refractivity (Wildman–Crippen MR) is 100 cm³/mol. The normalized spacial score (nSPS) is 14.5. The van der Waals surface area contributed by atoms with Crippen LogP contribution in [0.25, 0.3) is 0 Å². The molecule has 0 saturated heterocycles. The van der Waals surface area contributed by atoms with Gasteiger partial charge < -0.3 is 10.1 Å². The van der Waals surface area contributed by atoms with E-state index in [2.05, 4.69) is 10.1 Å². The van der Waals surface area contributed by atoms with Gasteiger partial charge in [0, 0.05) is 18.7 Å². The van der Waals surface area contributed by atoms with Crippen molar-refractivity contribution in [1.29, 1.82) is 0 Å². The Hall–Kier alpha value is -3.20. The van der Waals surface area contributed by atoms with E-state index in [0.717, 1.165) is 4.31 Å². The number of rotatable bonds is 6. The molecule has 28 heavy (non-hydrogen) atoms. The zero-order valence-corrected chi connectivity index (χ0v) is 15.9. The summed E-state index contributed by atoms with van der Waals surface area (Å²) in [6.07, 6.45) is 0.222. The minimum atomic E-state index is -3.86. The second-order valence-electron chi connectivity index (χ2n) is 6.10. The summed E-state index contributed by atoms with van der Waals surface area (Å²) in [5, 5.41) is 2.66. The Kier molecular flexibility index (Phi) is 5.46. The molecule has 0 unspecified atom stereocenters. The van der Waals surface area contributed by atoms with Crippen LogP contribution < -0.4 is 5.32 Å². The van der Waals surface area contributed by atoms with Crippen LogP contribution in [0.3, 0.4) is 0 Å². The highest BCUT2D eigenvalue weighted by Crippen LogP contribution is 2.30. The fourth-order valence-corrected chi connectivity index (χ4v) is 4.47. The summed E-state index contributed by atoms with van der Waals surface area (Å²) in [5.41, 5.74) is 1.00. The van der Waals surface area contributed by atoms with Crippen LogP contribution in [0, 0.1) is 0 Å². The number of sulfonamides is 1. The van der Waals surface area contributed by atoms with Crippen molar-refractivity contribution in [2.24, 2.45) is 0 Å². The highest BCUT2D eigenvalue weighted by atomic mass is 32.2. The van der Waals surface area contributed by atoms with Crippen molar-refractivity contribution in [2.45, 2.75) is 17.7 Å². The van der Waals surface area contributed by atoms with Crippen molar-refractivity contribution >= 4 is 33.5 Å². The maximum absolute atomic E-state index is 12.4. The van der Waals surface area contributed by atoms with Gasteiger partial charge in [-0.15, -0.1) is 0 Å². The molecule has 0 saturated carbocycles. The molecule has 0 aliphatic carbocycles. The molecule has 1 heterocycles. The maximum atomic E-state index is 12.4. The number of carbonyl (C=O) groups is 3.